The highest BCUT2D eigenvalue weighted by molar-refractivity contribution is 6.09. The number of hydrogen-bond acceptors (Lipinski definition) is 6. The van der Waals surface area contributed by atoms with Gasteiger partial charge in [-0.2, -0.15) is 0 Å². The Balaban J connectivity index is 1.66. The second-order valence-electron chi connectivity index (χ2n) is 8.53. The molecule has 2 aromatic carbocycles. The summed E-state index contributed by atoms with van der Waals surface area (Å²) >= 11 is 0. The van der Waals surface area contributed by atoms with Crippen molar-refractivity contribution in [3.8, 4) is 11.5 Å². The molecule has 0 aliphatic carbocycles. The molecule has 4 rings (SSSR count). The molecule has 1 unspecified atom stereocenters. The van der Waals surface area contributed by atoms with Crippen LogP contribution in [0.15, 0.2) is 53.5 Å². The molecule has 206 valence electrons. The molecule has 0 spiro atoms. The van der Waals surface area contributed by atoms with Gasteiger partial charge in [-0.05, 0) is 30.3 Å². The Labute approximate surface area is 217 Å². The predicted octanol–water partition coefficient (Wildman–Crippen LogP) is 2.49. The van der Waals surface area contributed by atoms with E-state index in [2.05, 4.69) is 15.0 Å². The monoisotopic (exact) mass is 553 g/mol. The number of methoxy groups -OCH3 is 1. The molecular weight excluding hydrogens is 533 g/mol. The number of aliphatic hydroxyl groups is 1. The lowest BCUT2D eigenvalue weighted by Gasteiger charge is -2.25. The van der Waals surface area contributed by atoms with Gasteiger partial charge in [0.25, 0.3) is 11.8 Å². The predicted molar refractivity (Wildman–Crippen MR) is 124 cm³/mol. The molecule has 14 heteroatoms. The number of benzene rings is 2. The largest absolute Gasteiger partial charge is 0.573 e. The molecule has 9 nitrogen and oxygen atoms in total. The Bertz CT molecular complexity index is 1340. The van der Waals surface area contributed by atoms with Crippen LogP contribution in [-0.2, 0) is 9.59 Å². The van der Waals surface area contributed by atoms with E-state index >= 15 is 8.78 Å². The number of carbonyl (C=O) groups excluding carboxylic acids is 3. The number of alkyl halides is 3. The van der Waals surface area contributed by atoms with Gasteiger partial charge in [-0.15, -0.1) is 13.2 Å². The van der Waals surface area contributed by atoms with Crippen molar-refractivity contribution in [1.29, 1.82) is 0 Å². The fraction of sp³-hybridized carbons (Fsp3) is 0.280. The van der Waals surface area contributed by atoms with Crippen molar-refractivity contribution in [3.63, 3.8) is 0 Å². The Morgan fingerprint density at radius 3 is 2.31 bits per heavy atom. The summed E-state index contributed by atoms with van der Waals surface area (Å²) in [5, 5.41) is 11.6. The van der Waals surface area contributed by atoms with Crippen LogP contribution in [0.3, 0.4) is 0 Å². The molecule has 2 heterocycles. The molecule has 0 radical (unpaired) electrons. The van der Waals surface area contributed by atoms with Crippen molar-refractivity contribution >= 4 is 23.4 Å². The second kappa shape index (κ2) is 10.8. The van der Waals surface area contributed by atoms with Crippen LogP contribution in [0.2, 0.25) is 0 Å². The molecule has 2 aliphatic rings. The van der Waals surface area contributed by atoms with Crippen molar-refractivity contribution < 1.29 is 50.9 Å². The first-order valence-corrected chi connectivity index (χ1v) is 11.3. The Kier molecular flexibility index (Phi) is 7.67. The molecular formula is C25H20F5N3O6. The van der Waals surface area contributed by atoms with Crippen LogP contribution in [0.1, 0.15) is 21.8 Å². The number of carbonyl (C=O) groups is 3. The molecule has 3 amide bonds. The highest BCUT2D eigenvalue weighted by atomic mass is 19.4. The molecule has 1 saturated heterocycles. The average molecular weight is 553 g/mol. The van der Waals surface area contributed by atoms with Gasteiger partial charge in [0.05, 0.1) is 19.4 Å². The van der Waals surface area contributed by atoms with Crippen LogP contribution in [0.5, 0.6) is 11.5 Å². The number of nitrogens with zero attached hydrogens (tertiary/aromatic N) is 2. The average Bonchev–Trinajstić information content (AvgIpc) is 3.18. The van der Waals surface area contributed by atoms with Gasteiger partial charge >= 0.3 is 6.36 Å². The van der Waals surface area contributed by atoms with Gasteiger partial charge in [0, 0.05) is 35.7 Å². The zero-order valence-electron chi connectivity index (χ0n) is 20.0. The summed E-state index contributed by atoms with van der Waals surface area (Å²) in [4.78, 5) is 43.6. The molecule has 1 fully saturated rings. The van der Waals surface area contributed by atoms with Crippen LogP contribution < -0.4 is 14.8 Å². The van der Waals surface area contributed by atoms with Crippen molar-refractivity contribution in [2.45, 2.75) is 24.4 Å². The molecule has 2 N–H and O–H groups in total. The molecule has 2 aromatic rings. The Morgan fingerprint density at radius 2 is 1.77 bits per heavy atom. The van der Waals surface area contributed by atoms with E-state index in [0.717, 1.165) is 41.3 Å². The van der Waals surface area contributed by atoms with Gasteiger partial charge in [-0.3, -0.25) is 14.4 Å². The lowest BCUT2D eigenvalue weighted by molar-refractivity contribution is -0.274. The topological polar surface area (TPSA) is 118 Å². The summed E-state index contributed by atoms with van der Waals surface area (Å²) in [7, 11) is 1.20. The smallest absolute Gasteiger partial charge is 0.497 e. The molecule has 3 atom stereocenters. The summed E-state index contributed by atoms with van der Waals surface area (Å²) < 4.78 is 76.0. The maximum absolute atomic E-state index is 15.0. The highest BCUT2D eigenvalue weighted by Gasteiger charge is 2.48. The summed E-state index contributed by atoms with van der Waals surface area (Å²) in [6, 6.07) is 2.75. The van der Waals surface area contributed by atoms with E-state index in [-0.39, 0.29) is 17.0 Å². The second-order valence-corrected chi connectivity index (χ2v) is 8.53. The number of halogens is 5. The number of likely N-dealkylation sites (tertiary alicyclic amines) is 1. The van der Waals surface area contributed by atoms with Crippen LogP contribution in [0, 0.1) is 11.6 Å². The van der Waals surface area contributed by atoms with E-state index < -0.39 is 78.2 Å². The fourth-order valence-electron chi connectivity index (χ4n) is 4.35. The SMILES string of the molecule is COc1cc(F)c([C@@H]2CN(C3C=CC(CO)=NC3=O)C(=O)[C@H]2NC(=O)c2ccc(OC(F)(F)F)cc2)c(F)c1. The number of ether oxygens (including phenoxy) is 2. The summed E-state index contributed by atoms with van der Waals surface area (Å²) in [6.07, 6.45) is -2.34. The quantitative estimate of drug-likeness (QED) is 0.509. The van der Waals surface area contributed by atoms with Gasteiger partial charge < -0.3 is 24.8 Å². The van der Waals surface area contributed by atoms with Gasteiger partial charge in [-0.1, -0.05) is 6.08 Å². The minimum atomic E-state index is -4.95. The normalized spacial score (nSPS) is 21.2. The van der Waals surface area contributed by atoms with Gasteiger partial charge in [0.15, 0.2) is 0 Å². The summed E-state index contributed by atoms with van der Waals surface area (Å²) in [5.41, 5.74) is -0.664. The number of aliphatic hydroxyl groups excluding tert-OH is 1. The zero-order valence-corrected chi connectivity index (χ0v) is 20.0. The lowest BCUT2D eigenvalue weighted by atomic mass is 9.92. The van der Waals surface area contributed by atoms with Gasteiger partial charge in [0.1, 0.15) is 35.2 Å². The van der Waals surface area contributed by atoms with Crippen LogP contribution in [-0.4, -0.2) is 72.1 Å². The van der Waals surface area contributed by atoms with Crippen molar-refractivity contribution in [1.82, 2.24) is 10.2 Å². The minimum absolute atomic E-state index is 0.0505. The van der Waals surface area contributed by atoms with Crippen molar-refractivity contribution in [2.75, 3.05) is 20.3 Å². The first-order valence-electron chi connectivity index (χ1n) is 11.3. The third-order valence-corrected chi connectivity index (χ3v) is 6.12. The third-order valence-electron chi connectivity index (χ3n) is 6.12. The number of nitrogens with one attached hydrogen (secondary N) is 1. The van der Waals surface area contributed by atoms with E-state index in [4.69, 9.17) is 4.74 Å². The molecule has 2 aliphatic heterocycles. The van der Waals surface area contributed by atoms with E-state index in [0.29, 0.717) is 0 Å². The van der Waals surface area contributed by atoms with Crippen molar-refractivity contribution in [3.05, 3.63) is 71.3 Å². The summed E-state index contributed by atoms with van der Waals surface area (Å²) in [6.45, 7) is -0.924. The van der Waals surface area contributed by atoms with E-state index in [1.165, 1.54) is 19.3 Å². The Morgan fingerprint density at radius 1 is 1.13 bits per heavy atom. The summed E-state index contributed by atoms with van der Waals surface area (Å²) in [5.74, 6) is -6.76. The zero-order chi connectivity index (χ0) is 28.5. The standard InChI is InChI=1S/C25H20F5N3O6/c1-38-15-8-17(26)20(18(27)9-15)16-10-33(19-7-4-13(11-34)31-23(19)36)24(37)21(16)32-22(35)12-2-5-14(6-3-12)39-25(28,29)30/h2-9,16,19,21,34H,10-11H2,1H3,(H,32,35)/t16-,19?,21-/m0/s1. The molecule has 0 bridgehead atoms. The third kappa shape index (κ3) is 5.90. The maximum Gasteiger partial charge on any atom is 0.573 e. The number of hydrogen-bond donors (Lipinski definition) is 2. The highest BCUT2D eigenvalue weighted by Crippen LogP contribution is 2.36. The van der Waals surface area contributed by atoms with Crippen molar-refractivity contribution in [2.24, 2.45) is 4.99 Å². The number of rotatable bonds is 7. The van der Waals surface area contributed by atoms with Gasteiger partial charge in [-0.25, -0.2) is 13.8 Å². The van der Waals surface area contributed by atoms with Gasteiger partial charge in [0.2, 0.25) is 5.91 Å². The fourth-order valence-corrected chi connectivity index (χ4v) is 4.35. The maximum atomic E-state index is 15.0. The first kappa shape index (κ1) is 27.7. The lowest BCUT2D eigenvalue weighted by Crippen LogP contribution is -2.47. The van der Waals surface area contributed by atoms with Crippen LogP contribution in [0.25, 0.3) is 0 Å². The van der Waals surface area contributed by atoms with E-state index in [1.807, 2.05) is 0 Å². The molecule has 39 heavy (non-hydrogen) atoms. The van der Waals surface area contributed by atoms with E-state index in [1.54, 1.807) is 0 Å². The van der Waals surface area contributed by atoms with Crippen LogP contribution in [0.4, 0.5) is 22.0 Å². The molecule has 0 aromatic heterocycles. The molecule has 0 saturated carbocycles. The van der Waals surface area contributed by atoms with Crippen LogP contribution >= 0.6 is 0 Å². The first-order chi connectivity index (χ1) is 18.4. The number of dihydropyridines is 1. The minimum Gasteiger partial charge on any atom is -0.497 e. The number of aliphatic imine (C=N–C) groups is 1. The Hall–Kier alpha value is -4.33. The number of amides is 3. The van der Waals surface area contributed by atoms with E-state index in [9.17, 15) is 32.7 Å².